The van der Waals surface area contributed by atoms with Gasteiger partial charge in [-0.3, -0.25) is 0 Å². The minimum Gasteiger partial charge on any atom is -0.390 e. The van der Waals surface area contributed by atoms with Gasteiger partial charge in [0.15, 0.2) is 0 Å². The van der Waals surface area contributed by atoms with Gasteiger partial charge in [-0.25, -0.2) is 0 Å². The maximum Gasteiger partial charge on any atom is 0.0809 e. The van der Waals surface area contributed by atoms with Crippen LogP contribution in [0.4, 0.5) is 0 Å². The van der Waals surface area contributed by atoms with Crippen LogP contribution in [0.25, 0.3) is 0 Å². The van der Waals surface area contributed by atoms with Crippen molar-refractivity contribution < 1.29 is 15.3 Å². The molecule has 3 fully saturated rings. The molecular weight excluding hydrogens is 384 g/mol. The molecule has 3 heteroatoms. The highest BCUT2D eigenvalue weighted by Crippen LogP contribution is 2.59. The van der Waals surface area contributed by atoms with Crippen LogP contribution in [0.15, 0.2) is 47.6 Å². The molecule has 0 amide bonds. The number of rotatable bonds is 5. The zero-order valence-electron chi connectivity index (χ0n) is 20.3. The van der Waals surface area contributed by atoms with Gasteiger partial charge in [-0.05, 0) is 87.5 Å². The first-order chi connectivity index (χ1) is 14.4. The van der Waals surface area contributed by atoms with Gasteiger partial charge in [-0.1, -0.05) is 62.8 Å². The second-order valence-corrected chi connectivity index (χ2v) is 11.4. The summed E-state index contributed by atoms with van der Waals surface area (Å²) < 4.78 is 0. The molecule has 3 nitrogen and oxygen atoms in total. The highest BCUT2D eigenvalue weighted by Gasteiger charge is 2.50. The lowest BCUT2D eigenvalue weighted by Gasteiger charge is -2.44. The predicted molar refractivity (Wildman–Crippen MR) is 128 cm³/mol. The fourth-order valence-electron chi connectivity index (χ4n) is 6.28. The van der Waals surface area contributed by atoms with Crippen molar-refractivity contribution in [3.05, 3.63) is 47.6 Å². The van der Waals surface area contributed by atoms with E-state index >= 15 is 0 Å². The summed E-state index contributed by atoms with van der Waals surface area (Å²) in [5.74, 6) is 1.94. The number of allylic oxidation sites excluding steroid dienone is 4. The lowest BCUT2D eigenvalue weighted by atomic mass is 9.61. The molecule has 0 spiro atoms. The van der Waals surface area contributed by atoms with E-state index in [0.29, 0.717) is 41.6 Å². The number of aliphatic hydroxyl groups is 3. The Bertz CT molecular complexity index is 737. The molecule has 0 aromatic carbocycles. The van der Waals surface area contributed by atoms with E-state index in [2.05, 4.69) is 51.7 Å². The van der Waals surface area contributed by atoms with Crippen LogP contribution in [0.3, 0.4) is 0 Å². The van der Waals surface area contributed by atoms with E-state index in [1.165, 1.54) is 25.7 Å². The molecule has 0 aromatic rings. The Hall–Kier alpha value is -1.16. The lowest BCUT2D eigenvalue weighted by molar-refractivity contribution is 0.0436. The first-order valence-electron chi connectivity index (χ1n) is 12.3. The van der Waals surface area contributed by atoms with E-state index in [1.54, 1.807) is 5.57 Å². The molecule has 0 saturated heterocycles. The summed E-state index contributed by atoms with van der Waals surface area (Å²) >= 11 is 0. The van der Waals surface area contributed by atoms with Crippen LogP contribution in [-0.4, -0.2) is 33.1 Å². The summed E-state index contributed by atoms with van der Waals surface area (Å²) in [5, 5.41) is 30.5. The van der Waals surface area contributed by atoms with Crippen LogP contribution in [0.5, 0.6) is 0 Å². The number of aliphatic hydroxyl groups excluding tert-OH is 2. The Balaban J connectivity index is 1.73. The largest absolute Gasteiger partial charge is 0.390 e. The molecule has 7 atom stereocenters. The molecule has 0 bridgehead atoms. The molecule has 0 heterocycles. The second-order valence-electron chi connectivity index (χ2n) is 11.4. The van der Waals surface area contributed by atoms with Crippen LogP contribution in [0.1, 0.15) is 79.6 Å². The third kappa shape index (κ3) is 5.26. The summed E-state index contributed by atoms with van der Waals surface area (Å²) in [6, 6.07) is 0. The highest BCUT2D eigenvalue weighted by atomic mass is 16.3. The van der Waals surface area contributed by atoms with Crippen molar-refractivity contribution in [3.8, 4) is 0 Å². The van der Waals surface area contributed by atoms with Crippen molar-refractivity contribution >= 4 is 0 Å². The summed E-state index contributed by atoms with van der Waals surface area (Å²) in [7, 11) is 0. The summed E-state index contributed by atoms with van der Waals surface area (Å²) in [5.41, 5.74) is 2.87. The molecule has 3 rings (SSSR count). The molecule has 31 heavy (non-hydrogen) atoms. The van der Waals surface area contributed by atoms with Gasteiger partial charge in [0.05, 0.1) is 17.8 Å². The SMILES string of the molecule is C=C1[C@H](O)CC(=CC=C2CCC[C@@]3(C)C2CCC3[C@@H](C)C=C[C@H](C)C(C)(C)O)C[C@H]1O. The molecule has 0 radical (unpaired) electrons. The van der Waals surface area contributed by atoms with Gasteiger partial charge in [-0.15, -0.1) is 0 Å². The average Bonchev–Trinajstić information content (AvgIpc) is 3.05. The van der Waals surface area contributed by atoms with Crippen molar-refractivity contribution in [1.29, 1.82) is 0 Å². The second kappa shape index (κ2) is 9.37. The van der Waals surface area contributed by atoms with Crippen molar-refractivity contribution in [1.82, 2.24) is 0 Å². The van der Waals surface area contributed by atoms with Crippen LogP contribution in [-0.2, 0) is 0 Å². The van der Waals surface area contributed by atoms with Crippen LogP contribution >= 0.6 is 0 Å². The van der Waals surface area contributed by atoms with Gasteiger partial charge >= 0.3 is 0 Å². The van der Waals surface area contributed by atoms with Gasteiger partial charge in [0.1, 0.15) is 0 Å². The Labute approximate surface area is 189 Å². The molecule has 3 saturated carbocycles. The molecular formula is C28H44O3. The van der Waals surface area contributed by atoms with Gasteiger partial charge in [0.2, 0.25) is 0 Å². The van der Waals surface area contributed by atoms with E-state index in [-0.39, 0.29) is 5.92 Å². The topological polar surface area (TPSA) is 60.7 Å². The fourth-order valence-corrected chi connectivity index (χ4v) is 6.28. The number of hydrogen-bond donors (Lipinski definition) is 3. The standard InChI is InChI=1S/C28H44O3/c1-18(9-10-19(2)27(4,5)31)23-13-14-24-22(8-7-15-28(23,24)6)12-11-21-16-25(29)20(3)26(30)17-21/h9-12,18-19,23-26,29-31H,3,7-8,13-17H2,1-2,4-6H3/t18-,19-,23?,24?,25+,26+,28+/m0/s1. The average molecular weight is 429 g/mol. The van der Waals surface area contributed by atoms with Gasteiger partial charge in [-0.2, -0.15) is 0 Å². The normalized spacial score (nSPS) is 37.9. The minimum absolute atomic E-state index is 0.144. The molecule has 2 unspecified atom stereocenters. The Morgan fingerprint density at radius 3 is 2.32 bits per heavy atom. The number of hydrogen-bond acceptors (Lipinski definition) is 3. The third-order valence-corrected chi connectivity index (χ3v) is 8.79. The van der Waals surface area contributed by atoms with Crippen LogP contribution in [0.2, 0.25) is 0 Å². The van der Waals surface area contributed by atoms with Gasteiger partial charge in [0.25, 0.3) is 0 Å². The molecule has 3 aliphatic rings. The van der Waals surface area contributed by atoms with Crippen LogP contribution < -0.4 is 0 Å². The van der Waals surface area contributed by atoms with Crippen molar-refractivity contribution in [3.63, 3.8) is 0 Å². The number of fused-ring (bicyclic) bond motifs is 1. The van der Waals surface area contributed by atoms with Crippen molar-refractivity contribution in [2.45, 2.75) is 97.4 Å². The molecule has 174 valence electrons. The Morgan fingerprint density at radius 2 is 1.71 bits per heavy atom. The summed E-state index contributed by atoms with van der Waals surface area (Å²) in [6.45, 7) is 14.5. The predicted octanol–water partition coefficient (Wildman–Crippen LogP) is 5.73. The van der Waals surface area contributed by atoms with Gasteiger partial charge < -0.3 is 15.3 Å². The highest BCUT2D eigenvalue weighted by molar-refractivity contribution is 5.29. The Kier molecular flexibility index (Phi) is 7.40. The lowest BCUT2D eigenvalue weighted by Crippen LogP contribution is -2.35. The monoisotopic (exact) mass is 428 g/mol. The van der Waals surface area contributed by atoms with E-state index in [4.69, 9.17) is 0 Å². The van der Waals surface area contributed by atoms with E-state index in [1.807, 2.05) is 13.8 Å². The minimum atomic E-state index is -0.681. The van der Waals surface area contributed by atoms with E-state index in [0.717, 1.165) is 12.0 Å². The molecule has 3 N–H and O–H groups in total. The van der Waals surface area contributed by atoms with Crippen molar-refractivity contribution in [2.24, 2.45) is 29.1 Å². The maximum atomic E-state index is 10.3. The third-order valence-electron chi connectivity index (χ3n) is 8.79. The maximum absolute atomic E-state index is 10.3. The fraction of sp³-hybridized carbons (Fsp3) is 0.714. The van der Waals surface area contributed by atoms with E-state index < -0.39 is 17.8 Å². The van der Waals surface area contributed by atoms with Crippen LogP contribution in [0, 0.1) is 29.1 Å². The summed E-state index contributed by atoms with van der Waals surface area (Å²) in [6.07, 6.45) is 15.1. The molecule has 0 aromatic heterocycles. The molecule has 3 aliphatic carbocycles. The zero-order chi connectivity index (χ0) is 23.0. The van der Waals surface area contributed by atoms with Crippen molar-refractivity contribution in [2.75, 3.05) is 0 Å². The van der Waals surface area contributed by atoms with Gasteiger partial charge in [0, 0.05) is 5.92 Å². The van der Waals surface area contributed by atoms with E-state index in [9.17, 15) is 15.3 Å². The quantitative estimate of drug-likeness (QED) is 0.490. The summed E-state index contributed by atoms with van der Waals surface area (Å²) in [4.78, 5) is 0. The first-order valence-corrected chi connectivity index (χ1v) is 12.3. The zero-order valence-corrected chi connectivity index (χ0v) is 20.3. The molecule has 0 aliphatic heterocycles. The smallest absolute Gasteiger partial charge is 0.0809 e. The first kappa shape index (κ1) is 24.5. The Morgan fingerprint density at radius 1 is 1.06 bits per heavy atom.